The Morgan fingerprint density at radius 3 is 2.70 bits per heavy atom. The van der Waals surface area contributed by atoms with Gasteiger partial charge in [0, 0.05) is 5.39 Å². The van der Waals surface area contributed by atoms with Gasteiger partial charge in [0.05, 0.1) is 34.3 Å². The summed E-state index contributed by atoms with van der Waals surface area (Å²) in [4.78, 5) is 28.6. The molecule has 138 valence electrons. The minimum absolute atomic E-state index is 0.129. The maximum Gasteiger partial charge on any atom is 0.309 e. The number of aromatic nitrogens is 3. The van der Waals surface area contributed by atoms with Crippen LogP contribution in [-0.4, -0.2) is 25.8 Å². The van der Waals surface area contributed by atoms with Crippen LogP contribution in [0.4, 0.5) is 0 Å². The van der Waals surface area contributed by atoms with E-state index in [2.05, 4.69) is 10.1 Å². The molecule has 1 aromatic carbocycles. The molecule has 0 amide bonds. The number of thiophene rings is 1. The summed E-state index contributed by atoms with van der Waals surface area (Å²) in [5.41, 5.74) is 1.75. The van der Waals surface area contributed by atoms with Gasteiger partial charge < -0.3 is 5.11 Å². The molecule has 6 nitrogen and oxygen atoms in total. The van der Waals surface area contributed by atoms with Crippen molar-refractivity contribution in [3.8, 4) is 0 Å². The molecule has 0 saturated carbocycles. The molecule has 0 aliphatic carbocycles. The first kappa shape index (κ1) is 18.4. The number of carboxylic acids is 1. The summed E-state index contributed by atoms with van der Waals surface area (Å²) in [6.45, 7) is 2.11. The Kier molecular flexibility index (Phi) is 4.67. The average molecular weight is 440 g/mol. The van der Waals surface area contributed by atoms with Gasteiger partial charge in [-0.1, -0.05) is 29.3 Å². The first-order chi connectivity index (χ1) is 12.8. The Labute approximate surface area is 170 Å². The molecule has 4 aromatic rings. The van der Waals surface area contributed by atoms with Crippen molar-refractivity contribution in [2.45, 2.75) is 19.9 Å². The van der Waals surface area contributed by atoms with Crippen LogP contribution in [-0.2, 0) is 17.8 Å². The third kappa shape index (κ3) is 3.34. The Bertz CT molecular complexity index is 1280. The zero-order valence-corrected chi connectivity index (χ0v) is 17.0. The second kappa shape index (κ2) is 6.87. The Morgan fingerprint density at radius 2 is 1.96 bits per heavy atom. The molecule has 0 atom stereocenters. The molecule has 10 heteroatoms. The van der Waals surface area contributed by atoms with Crippen LogP contribution in [0.15, 0.2) is 23.0 Å². The molecule has 3 heterocycles. The van der Waals surface area contributed by atoms with E-state index in [4.69, 9.17) is 23.2 Å². The molecule has 0 spiro atoms. The lowest BCUT2D eigenvalue weighted by Gasteiger charge is -2.07. The molecule has 0 radical (unpaired) electrons. The maximum atomic E-state index is 12.9. The number of hydrogen-bond donors (Lipinski definition) is 1. The Morgan fingerprint density at radius 1 is 1.22 bits per heavy atom. The van der Waals surface area contributed by atoms with Crippen LogP contribution in [0.2, 0.25) is 8.67 Å². The van der Waals surface area contributed by atoms with Crippen LogP contribution >= 0.6 is 45.9 Å². The Hall–Kier alpha value is -2.00. The molecule has 3 aromatic heterocycles. The van der Waals surface area contributed by atoms with E-state index in [0.717, 1.165) is 27.1 Å². The number of carboxylic acid groups (broad SMARTS) is 1. The fraction of sp³-hybridized carbons (Fsp3) is 0.176. The summed E-state index contributed by atoms with van der Waals surface area (Å²) in [6, 6.07) is 5.95. The van der Waals surface area contributed by atoms with Crippen LogP contribution in [0.25, 0.3) is 21.0 Å². The second-order valence-electron chi connectivity index (χ2n) is 5.96. The highest BCUT2D eigenvalue weighted by Crippen LogP contribution is 2.38. The fourth-order valence-electron chi connectivity index (χ4n) is 2.85. The van der Waals surface area contributed by atoms with Gasteiger partial charge in [-0.15, -0.1) is 22.7 Å². The lowest BCUT2D eigenvalue weighted by molar-refractivity contribution is -0.136. The largest absolute Gasteiger partial charge is 0.481 e. The number of benzene rings is 1. The third-order valence-electron chi connectivity index (χ3n) is 3.99. The van der Waals surface area contributed by atoms with Gasteiger partial charge in [0.15, 0.2) is 0 Å². The van der Waals surface area contributed by atoms with Crippen LogP contribution in [0, 0.1) is 6.92 Å². The first-order valence-corrected chi connectivity index (χ1v) is 10.2. The van der Waals surface area contributed by atoms with Gasteiger partial charge in [0.2, 0.25) is 0 Å². The number of aryl methyl sites for hydroxylation is 1. The zero-order chi connectivity index (χ0) is 19.3. The van der Waals surface area contributed by atoms with Gasteiger partial charge in [-0.2, -0.15) is 5.10 Å². The lowest BCUT2D eigenvalue weighted by Crippen LogP contribution is -2.25. The molecule has 1 N–H and O–H groups in total. The zero-order valence-electron chi connectivity index (χ0n) is 13.8. The number of halogens is 2. The van der Waals surface area contributed by atoms with E-state index < -0.39 is 11.5 Å². The SMILES string of the molecule is Cc1ccc2sc(Cn3nc(CC(=O)O)c4c(Cl)sc(Cl)c4c3=O)nc2c1. The number of aliphatic carboxylic acids is 1. The second-order valence-corrected chi connectivity index (χ2v) is 9.30. The highest BCUT2D eigenvalue weighted by atomic mass is 35.5. The number of rotatable bonds is 4. The number of hydrogen-bond acceptors (Lipinski definition) is 6. The molecule has 0 bridgehead atoms. The van der Waals surface area contributed by atoms with E-state index in [1.54, 1.807) is 0 Å². The van der Waals surface area contributed by atoms with Crippen molar-refractivity contribution < 1.29 is 9.90 Å². The monoisotopic (exact) mass is 439 g/mol. The number of carbonyl (C=O) groups is 1. The molecule has 0 unspecified atom stereocenters. The van der Waals surface area contributed by atoms with Gasteiger partial charge >= 0.3 is 5.97 Å². The van der Waals surface area contributed by atoms with Gasteiger partial charge in [0.25, 0.3) is 5.56 Å². The number of thiazole rings is 1. The third-order valence-corrected chi connectivity index (χ3v) is 6.62. The van der Waals surface area contributed by atoms with Gasteiger partial charge in [-0.3, -0.25) is 9.59 Å². The average Bonchev–Trinajstić information content (AvgIpc) is 3.11. The minimum atomic E-state index is -1.07. The summed E-state index contributed by atoms with van der Waals surface area (Å²) >= 11 is 14.8. The van der Waals surface area contributed by atoms with Crippen molar-refractivity contribution in [1.29, 1.82) is 0 Å². The van der Waals surface area contributed by atoms with Crippen LogP contribution in [0.3, 0.4) is 0 Å². The maximum absolute atomic E-state index is 12.9. The van der Waals surface area contributed by atoms with E-state index in [9.17, 15) is 14.7 Å². The normalized spacial score (nSPS) is 11.5. The topological polar surface area (TPSA) is 85.1 Å². The fourth-order valence-corrected chi connectivity index (χ4v) is 5.51. The molecule has 0 fully saturated rings. The van der Waals surface area contributed by atoms with E-state index in [-0.39, 0.29) is 32.7 Å². The van der Waals surface area contributed by atoms with E-state index in [0.29, 0.717) is 10.4 Å². The number of fused-ring (bicyclic) bond motifs is 2. The van der Waals surface area contributed by atoms with Crippen LogP contribution < -0.4 is 5.56 Å². The molecular formula is C17H11Cl2N3O3S2. The smallest absolute Gasteiger partial charge is 0.309 e. The molecule has 4 rings (SSSR count). The highest BCUT2D eigenvalue weighted by molar-refractivity contribution is 7.22. The molecular weight excluding hydrogens is 429 g/mol. The standard InChI is InChI=1S/C17H11Cl2N3O3S2/c1-7-2-3-10-8(4-7)20-11(26-10)6-22-17(25)14-13(15(18)27-16(14)19)9(21-22)5-12(23)24/h2-4H,5-6H2,1H3,(H,23,24). The minimum Gasteiger partial charge on any atom is -0.481 e. The van der Waals surface area contributed by atoms with E-state index in [1.807, 2.05) is 25.1 Å². The summed E-state index contributed by atoms with van der Waals surface area (Å²) in [7, 11) is 0. The predicted molar refractivity (Wildman–Crippen MR) is 109 cm³/mol. The van der Waals surface area contributed by atoms with Gasteiger partial charge in [0.1, 0.15) is 13.7 Å². The van der Waals surface area contributed by atoms with Crippen molar-refractivity contribution in [2.24, 2.45) is 0 Å². The van der Waals surface area contributed by atoms with Crippen LogP contribution in [0.5, 0.6) is 0 Å². The van der Waals surface area contributed by atoms with E-state index >= 15 is 0 Å². The summed E-state index contributed by atoms with van der Waals surface area (Å²) in [5.74, 6) is -1.07. The van der Waals surface area contributed by atoms with Crippen molar-refractivity contribution in [3.63, 3.8) is 0 Å². The van der Waals surface area contributed by atoms with Crippen molar-refractivity contribution >= 4 is 72.8 Å². The predicted octanol–water partition coefficient (Wildman–Crippen LogP) is 4.36. The van der Waals surface area contributed by atoms with Crippen molar-refractivity contribution in [1.82, 2.24) is 14.8 Å². The van der Waals surface area contributed by atoms with Crippen LogP contribution in [0.1, 0.15) is 16.3 Å². The number of nitrogens with zero attached hydrogens (tertiary/aromatic N) is 3. The van der Waals surface area contributed by atoms with Crippen molar-refractivity contribution in [2.75, 3.05) is 0 Å². The highest BCUT2D eigenvalue weighted by Gasteiger charge is 2.21. The summed E-state index contributed by atoms with van der Waals surface area (Å²) in [6.07, 6.45) is -0.359. The lowest BCUT2D eigenvalue weighted by atomic mass is 10.2. The Balaban J connectivity index is 1.87. The summed E-state index contributed by atoms with van der Waals surface area (Å²) in [5, 5.41) is 14.7. The van der Waals surface area contributed by atoms with Crippen molar-refractivity contribution in [3.05, 3.63) is 53.5 Å². The molecule has 0 aliphatic heterocycles. The van der Waals surface area contributed by atoms with Gasteiger partial charge in [-0.25, -0.2) is 9.67 Å². The molecule has 27 heavy (non-hydrogen) atoms. The van der Waals surface area contributed by atoms with Gasteiger partial charge in [-0.05, 0) is 24.6 Å². The molecule has 0 saturated heterocycles. The first-order valence-electron chi connectivity index (χ1n) is 7.79. The van der Waals surface area contributed by atoms with E-state index in [1.165, 1.54) is 16.0 Å². The summed E-state index contributed by atoms with van der Waals surface area (Å²) < 4.78 is 2.70. The molecule has 0 aliphatic rings. The quantitative estimate of drug-likeness (QED) is 0.510.